The summed E-state index contributed by atoms with van der Waals surface area (Å²) in [5, 5.41) is 9.89. The highest BCUT2D eigenvalue weighted by Crippen LogP contribution is 2.33. The number of hydrogen-bond acceptors (Lipinski definition) is 2. The fraction of sp³-hybridized carbons (Fsp3) is 0.889. The monoisotopic (exact) mass is 169 g/mol. The van der Waals surface area contributed by atoms with E-state index in [0.29, 0.717) is 6.42 Å². The van der Waals surface area contributed by atoms with E-state index in [0.717, 1.165) is 38.8 Å². The van der Waals surface area contributed by atoms with Gasteiger partial charge in [-0.25, -0.2) is 0 Å². The van der Waals surface area contributed by atoms with Gasteiger partial charge in [-0.3, -0.25) is 4.79 Å². The molecule has 0 atom stereocenters. The lowest BCUT2D eigenvalue weighted by atomic mass is 9.98. The number of carbonyl (C=O) groups excluding carboxylic acids is 1. The largest absolute Gasteiger partial charge is 0.389 e. The molecule has 3 heteroatoms. The van der Waals surface area contributed by atoms with Crippen molar-refractivity contribution in [2.75, 3.05) is 13.1 Å². The third-order valence-electron chi connectivity index (χ3n) is 2.81. The lowest BCUT2D eigenvalue weighted by Crippen LogP contribution is -2.30. The second-order valence-electron chi connectivity index (χ2n) is 3.99. The summed E-state index contributed by atoms with van der Waals surface area (Å²) in [5.41, 5.74) is -0.653. The molecule has 1 amide bonds. The minimum Gasteiger partial charge on any atom is -0.389 e. The normalized spacial score (nSPS) is 25.9. The van der Waals surface area contributed by atoms with Crippen molar-refractivity contribution in [2.24, 2.45) is 0 Å². The maximum atomic E-state index is 11.3. The van der Waals surface area contributed by atoms with Gasteiger partial charge in [-0.1, -0.05) is 12.8 Å². The van der Waals surface area contributed by atoms with Gasteiger partial charge in [0, 0.05) is 13.1 Å². The van der Waals surface area contributed by atoms with Gasteiger partial charge in [-0.15, -0.1) is 0 Å². The molecule has 2 fully saturated rings. The Morgan fingerprint density at radius 1 is 1.33 bits per heavy atom. The fourth-order valence-electron chi connectivity index (χ4n) is 1.90. The van der Waals surface area contributed by atoms with Crippen LogP contribution in [0.2, 0.25) is 0 Å². The van der Waals surface area contributed by atoms with Gasteiger partial charge in [0.25, 0.3) is 0 Å². The molecule has 1 heterocycles. The summed E-state index contributed by atoms with van der Waals surface area (Å²) >= 11 is 0. The maximum Gasteiger partial charge on any atom is 0.225 e. The lowest BCUT2D eigenvalue weighted by molar-refractivity contribution is -0.130. The number of aliphatic hydroxyl groups is 1. The second-order valence-corrected chi connectivity index (χ2v) is 3.99. The van der Waals surface area contributed by atoms with Crippen molar-refractivity contribution >= 4 is 5.91 Å². The molecule has 0 radical (unpaired) electrons. The van der Waals surface area contributed by atoms with Gasteiger partial charge in [0.15, 0.2) is 0 Å². The van der Waals surface area contributed by atoms with Crippen molar-refractivity contribution in [3.8, 4) is 0 Å². The molecule has 1 N–H and O–H groups in total. The maximum absolute atomic E-state index is 11.3. The molecular weight excluding hydrogens is 154 g/mol. The van der Waals surface area contributed by atoms with Crippen LogP contribution in [0.5, 0.6) is 0 Å². The molecule has 0 bridgehead atoms. The first-order valence-corrected chi connectivity index (χ1v) is 4.70. The van der Waals surface area contributed by atoms with E-state index in [9.17, 15) is 9.90 Å². The topological polar surface area (TPSA) is 40.3 Å². The number of rotatable bonds is 2. The average molecular weight is 169 g/mol. The van der Waals surface area contributed by atoms with Gasteiger partial charge in [0.1, 0.15) is 0 Å². The van der Waals surface area contributed by atoms with Crippen molar-refractivity contribution in [1.82, 2.24) is 4.90 Å². The molecule has 1 aliphatic carbocycles. The molecule has 2 aliphatic rings. The Kier molecular flexibility index (Phi) is 1.83. The Bertz CT molecular complexity index is 193. The molecule has 1 saturated heterocycles. The van der Waals surface area contributed by atoms with Gasteiger partial charge in [-0.05, 0) is 12.8 Å². The van der Waals surface area contributed by atoms with E-state index in [1.165, 1.54) is 0 Å². The summed E-state index contributed by atoms with van der Waals surface area (Å²) in [4.78, 5) is 13.1. The number of nitrogens with zero attached hydrogens (tertiary/aromatic N) is 1. The zero-order valence-electron chi connectivity index (χ0n) is 7.25. The molecule has 0 spiro atoms. The van der Waals surface area contributed by atoms with Crippen molar-refractivity contribution in [3.63, 3.8) is 0 Å². The molecule has 0 aromatic heterocycles. The highest BCUT2D eigenvalue weighted by Gasteiger charge is 2.36. The van der Waals surface area contributed by atoms with E-state index in [-0.39, 0.29) is 5.91 Å². The second kappa shape index (κ2) is 2.73. The SMILES string of the molecule is O=C(CC1(O)CCCC1)N1CC1. The average Bonchev–Trinajstić information content (AvgIpc) is 2.77. The summed E-state index contributed by atoms with van der Waals surface area (Å²) in [7, 11) is 0. The van der Waals surface area contributed by atoms with Crippen LogP contribution in [-0.4, -0.2) is 34.6 Å². The van der Waals surface area contributed by atoms with E-state index < -0.39 is 5.60 Å². The van der Waals surface area contributed by atoms with Gasteiger partial charge in [0.2, 0.25) is 5.91 Å². The van der Waals surface area contributed by atoms with Crippen molar-refractivity contribution in [3.05, 3.63) is 0 Å². The van der Waals surface area contributed by atoms with E-state index in [2.05, 4.69) is 0 Å². The molecule has 2 rings (SSSR count). The van der Waals surface area contributed by atoms with Crippen LogP contribution in [0.25, 0.3) is 0 Å². The quantitative estimate of drug-likeness (QED) is 0.612. The van der Waals surface area contributed by atoms with Crippen LogP contribution in [0, 0.1) is 0 Å². The van der Waals surface area contributed by atoms with E-state index in [1.807, 2.05) is 0 Å². The van der Waals surface area contributed by atoms with Gasteiger partial charge >= 0.3 is 0 Å². The van der Waals surface area contributed by atoms with Gasteiger partial charge < -0.3 is 10.0 Å². The Morgan fingerprint density at radius 3 is 2.42 bits per heavy atom. The first-order valence-electron chi connectivity index (χ1n) is 4.70. The third-order valence-corrected chi connectivity index (χ3v) is 2.81. The standard InChI is InChI=1S/C9H15NO2/c11-8(10-5-6-10)7-9(12)3-1-2-4-9/h12H,1-7H2. The van der Waals surface area contributed by atoms with Crippen LogP contribution >= 0.6 is 0 Å². The number of amides is 1. The van der Waals surface area contributed by atoms with Crippen LogP contribution in [0.15, 0.2) is 0 Å². The van der Waals surface area contributed by atoms with Crippen LogP contribution in [0.1, 0.15) is 32.1 Å². The Morgan fingerprint density at radius 2 is 1.92 bits per heavy atom. The zero-order chi connectivity index (χ0) is 8.60. The summed E-state index contributed by atoms with van der Waals surface area (Å²) in [6, 6.07) is 0. The molecule has 0 aromatic carbocycles. The minimum absolute atomic E-state index is 0.138. The highest BCUT2D eigenvalue weighted by molar-refractivity contribution is 5.79. The molecule has 1 aliphatic heterocycles. The number of carbonyl (C=O) groups is 1. The smallest absolute Gasteiger partial charge is 0.225 e. The van der Waals surface area contributed by atoms with Crippen LogP contribution in [0.4, 0.5) is 0 Å². The number of hydrogen-bond donors (Lipinski definition) is 1. The summed E-state index contributed by atoms with van der Waals surface area (Å²) in [6.07, 6.45) is 4.12. The third kappa shape index (κ3) is 1.61. The molecule has 3 nitrogen and oxygen atoms in total. The summed E-state index contributed by atoms with van der Waals surface area (Å²) < 4.78 is 0. The first kappa shape index (κ1) is 8.05. The predicted molar refractivity (Wildman–Crippen MR) is 44.6 cm³/mol. The Labute approximate surface area is 72.4 Å². The molecule has 1 saturated carbocycles. The van der Waals surface area contributed by atoms with Gasteiger partial charge in [-0.2, -0.15) is 0 Å². The molecule has 68 valence electrons. The fourth-order valence-corrected chi connectivity index (χ4v) is 1.90. The Balaban J connectivity index is 1.87. The van der Waals surface area contributed by atoms with Crippen LogP contribution in [-0.2, 0) is 4.79 Å². The van der Waals surface area contributed by atoms with E-state index in [1.54, 1.807) is 4.90 Å². The summed E-state index contributed by atoms with van der Waals surface area (Å²) in [5.74, 6) is 0.138. The van der Waals surface area contributed by atoms with Crippen molar-refractivity contribution in [2.45, 2.75) is 37.7 Å². The van der Waals surface area contributed by atoms with E-state index in [4.69, 9.17) is 0 Å². The lowest BCUT2D eigenvalue weighted by Gasteiger charge is -2.20. The van der Waals surface area contributed by atoms with E-state index >= 15 is 0 Å². The van der Waals surface area contributed by atoms with Gasteiger partial charge in [0.05, 0.1) is 12.0 Å². The summed E-state index contributed by atoms with van der Waals surface area (Å²) in [6.45, 7) is 1.80. The molecule has 0 aromatic rings. The highest BCUT2D eigenvalue weighted by atomic mass is 16.3. The van der Waals surface area contributed by atoms with Crippen molar-refractivity contribution in [1.29, 1.82) is 0 Å². The first-order chi connectivity index (χ1) is 5.70. The Hall–Kier alpha value is -0.570. The van der Waals surface area contributed by atoms with Crippen molar-refractivity contribution < 1.29 is 9.90 Å². The van der Waals surface area contributed by atoms with Crippen LogP contribution < -0.4 is 0 Å². The predicted octanol–water partition coefficient (Wildman–Crippen LogP) is 0.524. The molecular formula is C9H15NO2. The zero-order valence-corrected chi connectivity index (χ0v) is 7.25. The molecule has 0 unspecified atom stereocenters. The minimum atomic E-state index is -0.653. The van der Waals surface area contributed by atoms with Crippen LogP contribution in [0.3, 0.4) is 0 Å². The molecule has 12 heavy (non-hydrogen) atoms.